The Morgan fingerprint density at radius 3 is 2.25 bits per heavy atom. The maximum atomic E-state index is 12.8. The first kappa shape index (κ1) is 9.12. The maximum Gasteiger partial charge on any atom is 0.136 e. The second-order valence-electron chi connectivity index (χ2n) is 2.03. The van der Waals surface area contributed by atoms with Crippen LogP contribution >= 0.6 is 15.9 Å². The molecule has 2 nitrogen and oxygen atoms in total. The van der Waals surface area contributed by atoms with Gasteiger partial charge in [0, 0.05) is 4.47 Å². The lowest BCUT2D eigenvalue weighted by Crippen LogP contribution is -1.93. The van der Waals surface area contributed by atoms with Crippen LogP contribution in [0.25, 0.3) is 0 Å². The Bertz CT molecular complexity index is 304. The molecule has 1 aromatic carbocycles. The molecule has 0 aliphatic rings. The fourth-order valence-electron chi connectivity index (χ4n) is 0.734. The fourth-order valence-corrected chi connectivity index (χ4v) is 1.14. The van der Waals surface area contributed by atoms with Crippen LogP contribution in [-0.4, -0.2) is 11.4 Å². The van der Waals surface area contributed by atoms with Crippen molar-refractivity contribution in [3.63, 3.8) is 0 Å². The summed E-state index contributed by atoms with van der Waals surface area (Å²) in [5, 5.41) is 10.6. The van der Waals surface area contributed by atoms with Crippen LogP contribution in [0.2, 0.25) is 0 Å². The highest BCUT2D eigenvalue weighted by molar-refractivity contribution is 9.10. The molecule has 1 aromatic rings. The Hall–Kier alpha value is -0.970. The first-order valence-electron chi connectivity index (χ1n) is 2.97. The van der Waals surface area contributed by atoms with E-state index < -0.39 is 11.6 Å². The van der Waals surface area contributed by atoms with Gasteiger partial charge in [-0.2, -0.15) is 0 Å². The van der Waals surface area contributed by atoms with E-state index in [1.165, 1.54) is 0 Å². The molecule has 0 aliphatic carbocycles. The molecule has 12 heavy (non-hydrogen) atoms. The molecular formula is C7H4BrF2NO. The third-order valence-corrected chi connectivity index (χ3v) is 1.69. The van der Waals surface area contributed by atoms with Crippen molar-refractivity contribution in [3.05, 3.63) is 33.8 Å². The second kappa shape index (κ2) is 3.62. The smallest absolute Gasteiger partial charge is 0.136 e. The molecule has 0 fully saturated rings. The Kier molecular flexibility index (Phi) is 2.75. The minimum atomic E-state index is -0.778. The first-order chi connectivity index (χ1) is 5.65. The summed E-state index contributed by atoms with van der Waals surface area (Å²) in [7, 11) is 0. The zero-order valence-corrected chi connectivity index (χ0v) is 7.35. The Morgan fingerprint density at radius 2 is 1.83 bits per heavy atom. The predicted molar refractivity (Wildman–Crippen MR) is 43.4 cm³/mol. The van der Waals surface area contributed by atoms with Crippen LogP contribution in [0, 0.1) is 11.6 Å². The van der Waals surface area contributed by atoms with Gasteiger partial charge in [0.15, 0.2) is 0 Å². The summed E-state index contributed by atoms with van der Waals surface area (Å²) >= 11 is 2.91. The van der Waals surface area contributed by atoms with Gasteiger partial charge in [0.2, 0.25) is 0 Å². The molecule has 1 N–H and O–H groups in total. The first-order valence-corrected chi connectivity index (χ1v) is 3.76. The molecule has 0 amide bonds. The maximum absolute atomic E-state index is 12.8. The minimum absolute atomic E-state index is 0.299. The van der Waals surface area contributed by atoms with Crippen LogP contribution in [0.5, 0.6) is 0 Å². The van der Waals surface area contributed by atoms with Crippen molar-refractivity contribution >= 4 is 22.1 Å². The lowest BCUT2D eigenvalue weighted by Gasteiger charge is -1.98. The van der Waals surface area contributed by atoms with Gasteiger partial charge in [-0.3, -0.25) is 0 Å². The molecule has 0 atom stereocenters. The molecule has 0 aromatic heterocycles. The van der Waals surface area contributed by atoms with Crippen molar-refractivity contribution < 1.29 is 14.0 Å². The average Bonchev–Trinajstić information content (AvgIpc) is 1.96. The number of nitrogens with zero attached hydrogens (tertiary/aromatic N) is 1. The molecule has 0 heterocycles. The molecular weight excluding hydrogens is 232 g/mol. The van der Waals surface area contributed by atoms with Gasteiger partial charge in [0.25, 0.3) is 0 Å². The van der Waals surface area contributed by atoms with Crippen LogP contribution in [0.15, 0.2) is 21.8 Å². The molecule has 1 rings (SSSR count). The quantitative estimate of drug-likeness (QED) is 0.453. The molecule has 0 spiro atoms. The number of halogens is 3. The van der Waals surface area contributed by atoms with Gasteiger partial charge < -0.3 is 5.21 Å². The van der Waals surface area contributed by atoms with E-state index in [1.807, 2.05) is 0 Å². The van der Waals surface area contributed by atoms with Crippen molar-refractivity contribution in [1.29, 1.82) is 0 Å². The van der Waals surface area contributed by atoms with E-state index in [4.69, 9.17) is 5.21 Å². The van der Waals surface area contributed by atoms with E-state index in [0.29, 0.717) is 10.7 Å². The predicted octanol–water partition coefficient (Wildman–Crippen LogP) is 2.54. The van der Waals surface area contributed by atoms with Crippen molar-refractivity contribution in [2.45, 2.75) is 0 Å². The fraction of sp³-hybridized carbons (Fsp3) is 0. The summed E-state index contributed by atoms with van der Waals surface area (Å²) in [6, 6.07) is 2.17. The SMILES string of the molecule is O/N=C/c1c(F)cc(Br)cc1F. The normalized spacial score (nSPS) is 10.9. The highest BCUT2D eigenvalue weighted by atomic mass is 79.9. The summed E-state index contributed by atoms with van der Waals surface area (Å²) in [5.41, 5.74) is -0.360. The third-order valence-electron chi connectivity index (χ3n) is 1.23. The van der Waals surface area contributed by atoms with Gasteiger partial charge in [0.1, 0.15) is 11.6 Å². The van der Waals surface area contributed by atoms with Gasteiger partial charge in [0.05, 0.1) is 11.8 Å². The van der Waals surface area contributed by atoms with E-state index >= 15 is 0 Å². The molecule has 5 heteroatoms. The van der Waals surface area contributed by atoms with E-state index in [0.717, 1.165) is 12.1 Å². The minimum Gasteiger partial charge on any atom is -0.411 e. The van der Waals surface area contributed by atoms with Gasteiger partial charge >= 0.3 is 0 Å². The number of rotatable bonds is 1. The van der Waals surface area contributed by atoms with E-state index in [-0.39, 0.29) is 5.56 Å². The van der Waals surface area contributed by atoms with Crippen molar-refractivity contribution in [1.82, 2.24) is 0 Å². The summed E-state index contributed by atoms with van der Waals surface area (Å²) in [5.74, 6) is -1.56. The highest BCUT2D eigenvalue weighted by Gasteiger charge is 2.07. The molecule has 0 saturated heterocycles. The topological polar surface area (TPSA) is 32.6 Å². The standard InChI is InChI=1S/C7H4BrF2NO/c8-4-1-6(9)5(3-11-12)7(10)2-4/h1-3,12H/b11-3+. The number of hydrogen-bond donors (Lipinski definition) is 1. The van der Waals surface area contributed by atoms with Gasteiger partial charge in [-0.15, -0.1) is 0 Å². The van der Waals surface area contributed by atoms with Crippen LogP contribution in [0.4, 0.5) is 8.78 Å². The Morgan fingerprint density at radius 1 is 1.33 bits per heavy atom. The Labute approximate surface area is 75.6 Å². The molecule has 0 aliphatic heterocycles. The van der Waals surface area contributed by atoms with Gasteiger partial charge in [-0.25, -0.2) is 8.78 Å². The average molecular weight is 236 g/mol. The monoisotopic (exact) mass is 235 g/mol. The third kappa shape index (κ3) is 1.79. The van der Waals surface area contributed by atoms with Crippen molar-refractivity contribution in [2.24, 2.45) is 5.16 Å². The molecule has 0 radical (unpaired) electrons. The van der Waals surface area contributed by atoms with E-state index in [1.54, 1.807) is 0 Å². The van der Waals surface area contributed by atoms with Gasteiger partial charge in [-0.05, 0) is 12.1 Å². The molecule has 64 valence electrons. The molecule has 0 unspecified atom stereocenters. The highest BCUT2D eigenvalue weighted by Crippen LogP contribution is 2.17. The lowest BCUT2D eigenvalue weighted by atomic mass is 10.2. The zero-order chi connectivity index (χ0) is 9.14. The Balaban J connectivity index is 3.28. The van der Waals surface area contributed by atoms with E-state index in [9.17, 15) is 8.78 Å². The summed E-state index contributed by atoms with van der Waals surface area (Å²) < 4.78 is 26.0. The number of hydrogen-bond acceptors (Lipinski definition) is 2. The van der Waals surface area contributed by atoms with Crippen LogP contribution in [0.1, 0.15) is 5.56 Å². The van der Waals surface area contributed by atoms with Crippen LogP contribution in [-0.2, 0) is 0 Å². The number of benzene rings is 1. The molecule has 0 saturated carbocycles. The van der Waals surface area contributed by atoms with Crippen LogP contribution < -0.4 is 0 Å². The second-order valence-corrected chi connectivity index (χ2v) is 2.94. The van der Waals surface area contributed by atoms with E-state index in [2.05, 4.69) is 21.1 Å². The lowest BCUT2D eigenvalue weighted by molar-refractivity contribution is 0.321. The van der Waals surface area contributed by atoms with Crippen molar-refractivity contribution in [2.75, 3.05) is 0 Å². The summed E-state index contributed by atoms with van der Waals surface area (Å²) in [4.78, 5) is 0. The van der Waals surface area contributed by atoms with Gasteiger partial charge in [-0.1, -0.05) is 21.1 Å². The largest absolute Gasteiger partial charge is 0.411 e. The molecule has 0 bridgehead atoms. The number of oxime groups is 1. The van der Waals surface area contributed by atoms with Crippen molar-refractivity contribution in [3.8, 4) is 0 Å². The van der Waals surface area contributed by atoms with Crippen LogP contribution in [0.3, 0.4) is 0 Å². The summed E-state index contributed by atoms with van der Waals surface area (Å²) in [6.07, 6.45) is 0.705. The zero-order valence-electron chi connectivity index (χ0n) is 5.76. The summed E-state index contributed by atoms with van der Waals surface area (Å²) in [6.45, 7) is 0.